The minimum atomic E-state index is 0.610. The third kappa shape index (κ3) is 2.35. The van der Waals surface area contributed by atoms with Gasteiger partial charge in [0.2, 0.25) is 5.82 Å². The molecular formula is C9H12N6. The van der Waals surface area contributed by atoms with Gasteiger partial charge in [-0.05, 0) is 24.4 Å². The highest BCUT2D eigenvalue weighted by Crippen LogP contribution is 2.09. The molecule has 2 aromatic heterocycles. The highest BCUT2D eigenvalue weighted by Gasteiger charge is 2.04. The molecule has 0 unspecified atom stereocenters. The molecule has 0 amide bonds. The molecular weight excluding hydrogens is 192 g/mol. The van der Waals surface area contributed by atoms with E-state index in [0.29, 0.717) is 12.4 Å². The number of hydrogen-bond donors (Lipinski definition) is 1. The highest BCUT2D eigenvalue weighted by atomic mass is 15.6. The lowest BCUT2D eigenvalue weighted by molar-refractivity contribution is 0.507. The fraction of sp³-hybridized carbons (Fsp3) is 0.333. The van der Waals surface area contributed by atoms with Gasteiger partial charge >= 0.3 is 0 Å². The normalized spacial score (nSPS) is 10.5. The van der Waals surface area contributed by atoms with Crippen LogP contribution in [0.25, 0.3) is 11.4 Å². The third-order valence-corrected chi connectivity index (χ3v) is 1.93. The van der Waals surface area contributed by atoms with Crippen LogP contribution in [0.15, 0.2) is 24.5 Å². The number of tetrazole rings is 1. The molecule has 2 rings (SSSR count). The first kappa shape index (κ1) is 9.72. The Morgan fingerprint density at radius 2 is 2.40 bits per heavy atom. The first-order valence-electron chi connectivity index (χ1n) is 4.73. The molecule has 0 aliphatic rings. The maximum Gasteiger partial charge on any atom is 0.206 e. The van der Waals surface area contributed by atoms with Crippen LogP contribution < -0.4 is 5.32 Å². The van der Waals surface area contributed by atoms with E-state index in [4.69, 9.17) is 0 Å². The van der Waals surface area contributed by atoms with Crippen molar-refractivity contribution in [1.82, 2.24) is 30.5 Å². The topological polar surface area (TPSA) is 68.5 Å². The zero-order valence-electron chi connectivity index (χ0n) is 8.46. The summed E-state index contributed by atoms with van der Waals surface area (Å²) >= 11 is 0. The van der Waals surface area contributed by atoms with Crippen LogP contribution in [0.5, 0.6) is 0 Å². The summed E-state index contributed by atoms with van der Waals surface area (Å²) in [5.74, 6) is 0.610. The molecule has 0 aromatic carbocycles. The van der Waals surface area contributed by atoms with E-state index in [1.54, 1.807) is 17.2 Å². The van der Waals surface area contributed by atoms with Crippen molar-refractivity contribution in [2.45, 2.75) is 6.54 Å². The van der Waals surface area contributed by atoms with Crippen LogP contribution in [0.3, 0.4) is 0 Å². The van der Waals surface area contributed by atoms with Crippen molar-refractivity contribution in [2.24, 2.45) is 0 Å². The van der Waals surface area contributed by atoms with Crippen LogP contribution in [-0.2, 0) is 6.54 Å². The molecule has 0 bridgehead atoms. The lowest BCUT2D eigenvalue weighted by atomic mass is 10.3. The smallest absolute Gasteiger partial charge is 0.206 e. The Morgan fingerprint density at radius 1 is 1.47 bits per heavy atom. The van der Waals surface area contributed by atoms with Gasteiger partial charge in [-0.3, -0.25) is 4.98 Å². The molecule has 2 heterocycles. The zero-order valence-corrected chi connectivity index (χ0v) is 8.46. The van der Waals surface area contributed by atoms with E-state index >= 15 is 0 Å². The Balaban J connectivity index is 2.14. The maximum absolute atomic E-state index is 4.23. The van der Waals surface area contributed by atoms with E-state index in [0.717, 1.165) is 12.1 Å². The van der Waals surface area contributed by atoms with E-state index in [1.165, 1.54) is 0 Å². The number of pyridine rings is 1. The quantitative estimate of drug-likeness (QED) is 0.756. The Labute approximate surface area is 87.3 Å². The molecule has 6 nitrogen and oxygen atoms in total. The van der Waals surface area contributed by atoms with Crippen LogP contribution in [0.2, 0.25) is 0 Å². The molecule has 0 saturated heterocycles. The summed E-state index contributed by atoms with van der Waals surface area (Å²) in [6.07, 6.45) is 3.44. The van der Waals surface area contributed by atoms with Gasteiger partial charge in [0.05, 0.1) is 6.54 Å². The van der Waals surface area contributed by atoms with Crippen LogP contribution in [-0.4, -0.2) is 38.8 Å². The number of likely N-dealkylation sites (N-methyl/N-ethyl adjacent to an activating group) is 1. The van der Waals surface area contributed by atoms with Crippen molar-refractivity contribution in [3.05, 3.63) is 24.5 Å². The molecule has 0 fully saturated rings. The van der Waals surface area contributed by atoms with Gasteiger partial charge in [-0.1, -0.05) is 0 Å². The average Bonchev–Trinajstić information content (AvgIpc) is 2.76. The minimum Gasteiger partial charge on any atom is -0.318 e. The molecule has 0 saturated carbocycles. The lowest BCUT2D eigenvalue weighted by Gasteiger charge is -1.95. The lowest BCUT2D eigenvalue weighted by Crippen LogP contribution is -2.16. The van der Waals surface area contributed by atoms with Gasteiger partial charge in [0.15, 0.2) is 0 Å². The number of aromatic nitrogens is 5. The van der Waals surface area contributed by atoms with Gasteiger partial charge in [0.25, 0.3) is 0 Å². The zero-order chi connectivity index (χ0) is 10.5. The summed E-state index contributed by atoms with van der Waals surface area (Å²) in [7, 11) is 1.89. The Morgan fingerprint density at radius 3 is 3.13 bits per heavy atom. The summed E-state index contributed by atoms with van der Waals surface area (Å²) in [5.41, 5.74) is 0.883. The summed E-state index contributed by atoms with van der Waals surface area (Å²) in [6.45, 7) is 1.53. The Bertz CT molecular complexity index is 410. The second-order valence-corrected chi connectivity index (χ2v) is 3.05. The van der Waals surface area contributed by atoms with Gasteiger partial charge < -0.3 is 5.32 Å². The monoisotopic (exact) mass is 204 g/mol. The van der Waals surface area contributed by atoms with Gasteiger partial charge in [-0.15, -0.1) is 10.2 Å². The fourth-order valence-electron chi connectivity index (χ4n) is 1.16. The van der Waals surface area contributed by atoms with Crippen molar-refractivity contribution in [2.75, 3.05) is 13.6 Å². The number of nitrogens with one attached hydrogen (secondary N) is 1. The predicted octanol–water partition coefficient (Wildman–Crippen LogP) is -0.0455. The summed E-state index contributed by atoms with van der Waals surface area (Å²) < 4.78 is 0. The highest BCUT2D eigenvalue weighted by molar-refractivity contribution is 5.51. The van der Waals surface area contributed by atoms with Crippen LogP contribution in [0.1, 0.15) is 0 Å². The summed E-state index contributed by atoms with van der Waals surface area (Å²) in [4.78, 5) is 5.57. The van der Waals surface area contributed by atoms with E-state index in [9.17, 15) is 0 Å². The third-order valence-electron chi connectivity index (χ3n) is 1.93. The number of rotatable bonds is 4. The molecule has 15 heavy (non-hydrogen) atoms. The average molecular weight is 204 g/mol. The van der Waals surface area contributed by atoms with Gasteiger partial charge in [-0.25, -0.2) is 0 Å². The molecule has 0 aliphatic heterocycles. The molecule has 1 N–H and O–H groups in total. The van der Waals surface area contributed by atoms with Crippen molar-refractivity contribution < 1.29 is 0 Å². The van der Waals surface area contributed by atoms with Crippen LogP contribution in [0, 0.1) is 0 Å². The minimum absolute atomic E-state index is 0.610. The van der Waals surface area contributed by atoms with E-state index < -0.39 is 0 Å². The SMILES string of the molecule is CNCCn1nnc(-c2cccnc2)n1. The van der Waals surface area contributed by atoms with E-state index in [2.05, 4.69) is 25.7 Å². The van der Waals surface area contributed by atoms with Gasteiger partial charge in [0, 0.05) is 24.5 Å². The van der Waals surface area contributed by atoms with E-state index in [1.807, 2.05) is 19.2 Å². The van der Waals surface area contributed by atoms with Gasteiger partial charge in [0.1, 0.15) is 0 Å². The van der Waals surface area contributed by atoms with Crippen LogP contribution >= 0.6 is 0 Å². The first-order chi connectivity index (χ1) is 7.40. The predicted molar refractivity (Wildman–Crippen MR) is 55.0 cm³/mol. The summed E-state index contributed by atoms with van der Waals surface area (Å²) in [5, 5.41) is 15.1. The molecule has 0 radical (unpaired) electrons. The Hall–Kier alpha value is -1.82. The first-order valence-corrected chi connectivity index (χ1v) is 4.73. The van der Waals surface area contributed by atoms with Crippen molar-refractivity contribution in [1.29, 1.82) is 0 Å². The molecule has 0 atom stereocenters. The van der Waals surface area contributed by atoms with Crippen molar-refractivity contribution >= 4 is 0 Å². The molecule has 78 valence electrons. The fourth-order valence-corrected chi connectivity index (χ4v) is 1.16. The molecule has 0 spiro atoms. The second-order valence-electron chi connectivity index (χ2n) is 3.05. The number of hydrogen-bond acceptors (Lipinski definition) is 5. The Kier molecular flexibility index (Phi) is 2.99. The maximum atomic E-state index is 4.23. The van der Waals surface area contributed by atoms with E-state index in [-0.39, 0.29) is 0 Å². The second kappa shape index (κ2) is 4.61. The van der Waals surface area contributed by atoms with Crippen molar-refractivity contribution in [3.8, 4) is 11.4 Å². The number of nitrogens with zero attached hydrogens (tertiary/aromatic N) is 5. The summed E-state index contributed by atoms with van der Waals surface area (Å²) in [6, 6.07) is 3.76. The largest absolute Gasteiger partial charge is 0.318 e. The van der Waals surface area contributed by atoms with Gasteiger partial charge in [-0.2, -0.15) is 4.80 Å². The standard InChI is InChI=1S/C9H12N6/c1-10-5-6-15-13-9(12-14-15)8-3-2-4-11-7-8/h2-4,7,10H,5-6H2,1H3. The van der Waals surface area contributed by atoms with Crippen molar-refractivity contribution in [3.63, 3.8) is 0 Å². The molecule has 0 aliphatic carbocycles. The molecule has 2 aromatic rings. The molecule has 6 heteroatoms. The van der Waals surface area contributed by atoms with Crippen LogP contribution in [0.4, 0.5) is 0 Å².